The topological polar surface area (TPSA) is 47.6 Å². The van der Waals surface area contributed by atoms with Crippen molar-refractivity contribution in [3.05, 3.63) is 52.8 Å². The summed E-state index contributed by atoms with van der Waals surface area (Å²) in [6.45, 7) is 0. The van der Waals surface area contributed by atoms with Crippen LogP contribution in [0.5, 0.6) is 11.5 Å². The van der Waals surface area contributed by atoms with Crippen molar-refractivity contribution in [3.8, 4) is 11.5 Å². The number of halogens is 2. The molecular weight excluding hydrogens is 309 g/mol. The fraction of sp³-hybridized carbons (Fsp3) is 0.188. The largest absolute Gasteiger partial charge is 0.497 e. The number of carbonyl (C=O) groups excluding carboxylic acids is 1. The molecule has 0 aliphatic heterocycles. The Kier molecular flexibility index (Phi) is 5.22. The lowest BCUT2D eigenvalue weighted by Crippen LogP contribution is -2.15. The van der Waals surface area contributed by atoms with Crippen LogP contribution in [0, 0.1) is 5.82 Å². The molecular formula is C16H15ClFNO3. The first-order valence-corrected chi connectivity index (χ1v) is 6.87. The van der Waals surface area contributed by atoms with E-state index in [0.717, 1.165) is 0 Å². The smallest absolute Gasteiger partial charge is 0.228 e. The van der Waals surface area contributed by atoms with Gasteiger partial charge < -0.3 is 14.8 Å². The fourth-order valence-corrected chi connectivity index (χ4v) is 2.18. The third-order valence-electron chi connectivity index (χ3n) is 3.03. The molecule has 2 aromatic carbocycles. The molecule has 1 N–H and O–H groups in total. The molecule has 0 bridgehead atoms. The molecule has 2 aromatic rings. The van der Waals surface area contributed by atoms with Crippen LogP contribution in [0.2, 0.25) is 5.02 Å². The van der Waals surface area contributed by atoms with E-state index in [9.17, 15) is 9.18 Å². The van der Waals surface area contributed by atoms with E-state index in [1.807, 2.05) is 0 Å². The van der Waals surface area contributed by atoms with E-state index in [4.69, 9.17) is 21.1 Å². The summed E-state index contributed by atoms with van der Waals surface area (Å²) in [6.07, 6.45) is -0.162. The van der Waals surface area contributed by atoms with Crippen molar-refractivity contribution in [2.45, 2.75) is 6.42 Å². The number of ether oxygens (including phenoxy) is 2. The number of benzene rings is 2. The van der Waals surface area contributed by atoms with Gasteiger partial charge in [-0.25, -0.2) is 4.39 Å². The number of hydrogen-bond acceptors (Lipinski definition) is 3. The zero-order chi connectivity index (χ0) is 16.1. The molecule has 0 aliphatic carbocycles. The van der Waals surface area contributed by atoms with Crippen molar-refractivity contribution in [3.63, 3.8) is 0 Å². The zero-order valence-electron chi connectivity index (χ0n) is 12.2. The van der Waals surface area contributed by atoms with Crippen LogP contribution in [0.3, 0.4) is 0 Å². The van der Waals surface area contributed by atoms with Crippen molar-refractivity contribution < 1.29 is 18.7 Å². The molecule has 116 valence electrons. The molecule has 0 radical (unpaired) electrons. The number of amides is 1. The molecule has 4 nitrogen and oxygen atoms in total. The molecule has 0 unspecified atom stereocenters. The van der Waals surface area contributed by atoms with Gasteiger partial charge in [-0.1, -0.05) is 17.7 Å². The quantitative estimate of drug-likeness (QED) is 0.913. The summed E-state index contributed by atoms with van der Waals surface area (Å²) in [4.78, 5) is 12.1. The van der Waals surface area contributed by atoms with Crippen molar-refractivity contribution in [2.24, 2.45) is 0 Å². The zero-order valence-corrected chi connectivity index (χ0v) is 12.9. The molecule has 1 amide bonds. The van der Waals surface area contributed by atoms with Crippen LogP contribution in [0.25, 0.3) is 0 Å². The van der Waals surface area contributed by atoms with Crippen molar-refractivity contribution in [2.75, 3.05) is 19.5 Å². The minimum atomic E-state index is -0.508. The first kappa shape index (κ1) is 16.1. The van der Waals surface area contributed by atoms with E-state index < -0.39 is 5.82 Å². The standard InChI is InChI=1S/C16H15ClFNO3/c1-21-11-6-10(7-12(8-11)22-2)19-16(20)9-13-14(17)4-3-5-15(13)18/h3-8H,9H2,1-2H3,(H,19,20). The highest BCUT2D eigenvalue weighted by molar-refractivity contribution is 6.31. The van der Waals surface area contributed by atoms with Gasteiger partial charge in [0.05, 0.1) is 20.6 Å². The highest BCUT2D eigenvalue weighted by atomic mass is 35.5. The highest BCUT2D eigenvalue weighted by Gasteiger charge is 2.13. The van der Waals surface area contributed by atoms with Crippen LogP contribution in [-0.4, -0.2) is 20.1 Å². The van der Waals surface area contributed by atoms with Crippen molar-refractivity contribution in [1.29, 1.82) is 0 Å². The number of methoxy groups -OCH3 is 2. The Hall–Kier alpha value is -2.27. The van der Waals surface area contributed by atoms with Gasteiger partial charge in [0, 0.05) is 34.5 Å². The molecule has 0 fully saturated rings. The van der Waals surface area contributed by atoms with Gasteiger partial charge in [0.2, 0.25) is 5.91 Å². The van der Waals surface area contributed by atoms with Gasteiger partial charge in [-0.05, 0) is 12.1 Å². The first-order valence-electron chi connectivity index (χ1n) is 6.49. The van der Waals surface area contributed by atoms with Gasteiger partial charge in [-0.15, -0.1) is 0 Å². The molecule has 0 aromatic heterocycles. The van der Waals surface area contributed by atoms with E-state index in [1.54, 1.807) is 24.3 Å². The summed E-state index contributed by atoms with van der Waals surface area (Å²) in [5, 5.41) is 2.89. The van der Waals surface area contributed by atoms with Gasteiger partial charge in [-0.2, -0.15) is 0 Å². The number of nitrogens with one attached hydrogen (secondary N) is 1. The summed E-state index contributed by atoms with van der Waals surface area (Å²) in [5.74, 6) is 0.185. The molecule has 0 spiro atoms. The molecule has 2 rings (SSSR count). The average molecular weight is 324 g/mol. The van der Waals surface area contributed by atoms with Crippen LogP contribution in [0.4, 0.5) is 10.1 Å². The van der Waals surface area contributed by atoms with E-state index in [-0.39, 0.29) is 22.9 Å². The minimum Gasteiger partial charge on any atom is -0.497 e. The molecule has 0 aliphatic rings. The summed E-state index contributed by atoms with van der Waals surface area (Å²) in [7, 11) is 3.03. The van der Waals surface area contributed by atoms with Gasteiger partial charge in [0.1, 0.15) is 17.3 Å². The van der Waals surface area contributed by atoms with E-state index >= 15 is 0 Å². The van der Waals surface area contributed by atoms with Crippen molar-refractivity contribution >= 4 is 23.2 Å². The van der Waals surface area contributed by atoms with Crippen LogP contribution in [-0.2, 0) is 11.2 Å². The summed E-state index contributed by atoms with van der Waals surface area (Å²) in [6, 6.07) is 9.27. The second-order valence-electron chi connectivity index (χ2n) is 4.53. The number of carbonyl (C=O) groups is 1. The maximum atomic E-state index is 13.7. The van der Waals surface area contributed by atoms with Crippen LogP contribution in [0.1, 0.15) is 5.56 Å². The van der Waals surface area contributed by atoms with Gasteiger partial charge in [-0.3, -0.25) is 4.79 Å². The summed E-state index contributed by atoms with van der Waals surface area (Å²) >= 11 is 5.91. The van der Waals surface area contributed by atoms with E-state index in [1.165, 1.54) is 26.4 Å². The second kappa shape index (κ2) is 7.13. The van der Waals surface area contributed by atoms with Crippen LogP contribution < -0.4 is 14.8 Å². The molecule has 0 saturated carbocycles. The maximum absolute atomic E-state index is 13.7. The molecule has 0 atom stereocenters. The Balaban J connectivity index is 2.15. The fourth-order valence-electron chi connectivity index (χ4n) is 1.95. The SMILES string of the molecule is COc1cc(NC(=O)Cc2c(F)cccc2Cl)cc(OC)c1. The average Bonchev–Trinajstić information content (AvgIpc) is 2.50. The maximum Gasteiger partial charge on any atom is 0.228 e. The normalized spacial score (nSPS) is 10.2. The molecule has 6 heteroatoms. The van der Waals surface area contributed by atoms with E-state index in [2.05, 4.69) is 5.32 Å². The minimum absolute atomic E-state index is 0.162. The van der Waals surface area contributed by atoms with Crippen LogP contribution in [0.15, 0.2) is 36.4 Å². The third kappa shape index (κ3) is 3.89. The monoisotopic (exact) mass is 323 g/mol. The Morgan fingerprint density at radius 1 is 1.18 bits per heavy atom. The Morgan fingerprint density at radius 2 is 1.82 bits per heavy atom. The molecule has 0 heterocycles. The van der Waals surface area contributed by atoms with Crippen LogP contribution >= 0.6 is 11.6 Å². The summed E-state index contributed by atoms with van der Waals surface area (Å²) < 4.78 is 23.9. The lowest BCUT2D eigenvalue weighted by molar-refractivity contribution is -0.115. The molecule has 22 heavy (non-hydrogen) atoms. The summed E-state index contributed by atoms with van der Waals surface area (Å²) in [5.41, 5.74) is 0.658. The van der Waals surface area contributed by atoms with Gasteiger partial charge in [0.15, 0.2) is 0 Å². The van der Waals surface area contributed by atoms with Gasteiger partial charge in [0.25, 0.3) is 0 Å². The van der Waals surface area contributed by atoms with E-state index in [0.29, 0.717) is 17.2 Å². The second-order valence-corrected chi connectivity index (χ2v) is 4.93. The Labute approximate surface area is 132 Å². The number of rotatable bonds is 5. The Morgan fingerprint density at radius 3 is 2.36 bits per heavy atom. The predicted octanol–water partition coefficient (Wildman–Crippen LogP) is 3.68. The van der Waals surface area contributed by atoms with Crippen molar-refractivity contribution in [1.82, 2.24) is 0 Å². The number of hydrogen-bond donors (Lipinski definition) is 1. The molecule has 0 saturated heterocycles. The van der Waals surface area contributed by atoms with Gasteiger partial charge >= 0.3 is 0 Å². The Bertz CT molecular complexity index is 649. The highest BCUT2D eigenvalue weighted by Crippen LogP contribution is 2.26. The number of anilines is 1. The lowest BCUT2D eigenvalue weighted by atomic mass is 10.1. The predicted molar refractivity (Wildman–Crippen MR) is 83.3 cm³/mol. The third-order valence-corrected chi connectivity index (χ3v) is 3.39. The lowest BCUT2D eigenvalue weighted by Gasteiger charge is -2.10. The first-order chi connectivity index (χ1) is 10.5.